The predicted molar refractivity (Wildman–Crippen MR) is 269 cm³/mol. The van der Waals surface area contributed by atoms with E-state index in [1.165, 1.54) is 88.3 Å². The molecule has 0 aliphatic carbocycles. The maximum Gasteiger partial charge on any atom is 0.0540 e. The molecule has 0 bridgehead atoms. The molecule has 63 heavy (non-hydrogen) atoms. The summed E-state index contributed by atoms with van der Waals surface area (Å²) in [6, 6.07) is 94.7. The van der Waals surface area contributed by atoms with E-state index in [-0.39, 0.29) is 0 Å². The van der Waals surface area contributed by atoms with E-state index in [2.05, 4.69) is 266 Å². The lowest BCUT2D eigenvalue weighted by Gasteiger charge is -2.28. The second kappa shape index (κ2) is 16.7. The van der Waals surface area contributed by atoms with E-state index in [0.29, 0.717) is 0 Å². The van der Waals surface area contributed by atoms with Gasteiger partial charge in [-0.25, -0.2) is 0 Å². The molecule has 0 N–H and O–H groups in total. The number of benzene rings is 11. The first-order valence-electron chi connectivity index (χ1n) is 21.7. The van der Waals surface area contributed by atoms with Crippen LogP contribution in [0.3, 0.4) is 0 Å². The number of para-hydroxylation sites is 1. The molecule has 0 fully saturated rings. The Balaban J connectivity index is 1.22. The molecule has 0 spiro atoms. The molecular weight excluding hydrogens is 759 g/mol. The molecule has 1 nitrogen and oxygen atoms in total. The summed E-state index contributed by atoms with van der Waals surface area (Å²) >= 11 is 0. The van der Waals surface area contributed by atoms with E-state index in [9.17, 15) is 0 Å². The second-order valence-corrected chi connectivity index (χ2v) is 16.0. The van der Waals surface area contributed by atoms with Gasteiger partial charge in [0.2, 0.25) is 0 Å². The third kappa shape index (κ3) is 6.96. The second-order valence-electron chi connectivity index (χ2n) is 16.0. The monoisotopic (exact) mass is 801 g/mol. The molecule has 11 aromatic carbocycles. The van der Waals surface area contributed by atoms with Gasteiger partial charge in [0.1, 0.15) is 0 Å². The maximum absolute atomic E-state index is 2.40. The summed E-state index contributed by atoms with van der Waals surface area (Å²) in [6.45, 7) is 0. The molecule has 296 valence electrons. The zero-order valence-corrected chi connectivity index (χ0v) is 34.8. The lowest BCUT2D eigenvalue weighted by Crippen LogP contribution is -2.10. The molecule has 0 heterocycles. The quantitative estimate of drug-likeness (QED) is 0.141. The standard InChI is InChI=1S/C62H43N/c1-7-22-44(23-8-1)45-40-42-51(43-41-45)63(50-32-17-6-18-33-50)57-39-21-35-52-53(34-19-36-54(52)57)55-37-20-38-56-58(46-24-9-2-10-25-46)59(47-26-11-3-12-27-47)60(48-28-13-4-14-29-48)61(62(55)56)49-30-15-5-16-31-49/h1-43H. The Hall–Kier alpha value is -8.26. The zero-order valence-electron chi connectivity index (χ0n) is 34.8. The van der Waals surface area contributed by atoms with Crippen LogP contribution in [-0.4, -0.2) is 0 Å². The third-order valence-corrected chi connectivity index (χ3v) is 12.3. The smallest absolute Gasteiger partial charge is 0.0540 e. The Labute approximate surface area is 369 Å². The van der Waals surface area contributed by atoms with Crippen LogP contribution in [0.2, 0.25) is 0 Å². The molecule has 1 heteroatoms. The molecule has 0 aliphatic heterocycles. The average molecular weight is 802 g/mol. The van der Waals surface area contributed by atoms with Crippen LogP contribution in [-0.2, 0) is 0 Å². The molecule has 0 saturated heterocycles. The highest BCUT2D eigenvalue weighted by molar-refractivity contribution is 6.23. The van der Waals surface area contributed by atoms with E-state index < -0.39 is 0 Å². The molecule has 0 aromatic heterocycles. The summed E-state index contributed by atoms with van der Waals surface area (Å²) < 4.78 is 0. The first-order chi connectivity index (χ1) is 31.3. The summed E-state index contributed by atoms with van der Waals surface area (Å²) in [5.74, 6) is 0. The predicted octanol–water partition coefficient (Wildman–Crippen LogP) is 17.5. The summed E-state index contributed by atoms with van der Waals surface area (Å²) in [6.07, 6.45) is 0. The minimum absolute atomic E-state index is 1.10. The minimum Gasteiger partial charge on any atom is -0.310 e. The van der Waals surface area contributed by atoms with Crippen molar-refractivity contribution in [1.29, 1.82) is 0 Å². The Morgan fingerprint density at radius 3 is 1.14 bits per heavy atom. The van der Waals surface area contributed by atoms with E-state index in [4.69, 9.17) is 0 Å². The van der Waals surface area contributed by atoms with Gasteiger partial charge in [0.05, 0.1) is 5.69 Å². The van der Waals surface area contributed by atoms with Crippen LogP contribution in [0.1, 0.15) is 0 Å². The molecule has 0 saturated carbocycles. The normalized spacial score (nSPS) is 11.2. The number of hydrogen-bond acceptors (Lipinski definition) is 1. The van der Waals surface area contributed by atoms with Gasteiger partial charge in [-0.15, -0.1) is 0 Å². The van der Waals surface area contributed by atoms with Gasteiger partial charge < -0.3 is 4.90 Å². The van der Waals surface area contributed by atoms with Gasteiger partial charge in [-0.1, -0.05) is 231 Å². The molecule has 0 unspecified atom stereocenters. The molecule has 0 aliphatic rings. The van der Waals surface area contributed by atoms with Crippen molar-refractivity contribution in [2.24, 2.45) is 0 Å². The van der Waals surface area contributed by atoms with Crippen LogP contribution in [0, 0.1) is 0 Å². The number of rotatable bonds is 9. The highest BCUT2D eigenvalue weighted by Crippen LogP contribution is 2.53. The Morgan fingerprint density at radius 1 is 0.206 bits per heavy atom. The molecule has 0 radical (unpaired) electrons. The first kappa shape index (κ1) is 37.7. The van der Waals surface area contributed by atoms with E-state index in [1.807, 2.05) is 0 Å². The molecule has 11 rings (SSSR count). The van der Waals surface area contributed by atoms with Crippen LogP contribution in [0.4, 0.5) is 17.1 Å². The van der Waals surface area contributed by atoms with Crippen molar-refractivity contribution in [1.82, 2.24) is 0 Å². The lowest BCUT2D eigenvalue weighted by molar-refractivity contribution is 1.30. The largest absolute Gasteiger partial charge is 0.310 e. The van der Waals surface area contributed by atoms with Crippen molar-refractivity contribution in [3.8, 4) is 66.8 Å². The topological polar surface area (TPSA) is 3.24 Å². The Bertz CT molecular complexity index is 3330. The van der Waals surface area contributed by atoms with E-state index >= 15 is 0 Å². The average Bonchev–Trinajstić information content (AvgIpc) is 3.37. The summed E-state index contributed by atoms with van der Waals surface area (Å²) in [7, 11) is 0. The van der Waals surface area contributed by atoms with Crippen molar-refractivity contribution in [2.75, 3.05) is 4.90 Å². The molecule has 0 amide bonds. The number of fused-ring (bicyclic) bond motifs is 2. The van der Waals surface area contributed by atoms with Gasteiger partial charge in [0, 0.05) is 16.8 Å². The molecular formula is C62H43N. The van der Waals surface area contributed by atoms with E-state index in [0.717, 1.165) is 17.1 Å². The number of hydrogen-bond donors (Lipinski definition) is 0. The fourth-order valence-electron chi connectivity index (χ4n) is 9.51. The van der Waals surface area contributed by atoms with Crippen molar-refractivity contribution < 1.29 is 0 Å². The van der Waals surface area contributed by atoms with Crippen molar-refractivity contribution in [3.05, 3.63) is 261 Å². The van der Waals surface area contributed by atoms with Crippen molar-refractivity contribution in [3.63, 3.8) is 0 Å². The third-order valence-electron chi connectivity index (χ3n) is 12.3. The van der Waals surface area contributed by atoms with Crippen molar-refractivity contribution >= 4 is 38.6 Å². The van der Waals surface area contributed by atoms with Crippen molar-refractivity contribution in [2.45, 2.75) is 0 Å². The first-order valence-corrected chi connectivity index (χ1v) is 21.7. The fourth-order valence-corrected chi connectivity index (χ4v) is 9.51. The number of nitrogens with zero attached hydrogens (tertiary/aromatic N) is 1. The summed E-state index contributed by atoms with van der Waals surface area (Å²) in [5, 5.41) is 4.82. The number of anilines is 3. The van der Waals surface area contributed by atoms with Crippen LogP contribution in [0.25, 0.3) is 88.3 Å². The highest BCUT2D eigenvalue weighted by Gasteiger charge is 2.26. The molecule has 0 atom stereocenters. The van der Waals surface area contributed by atoms with Gasteiger partial charge in [-0.05, 0) is 113 Å². The summed E-state index contributed by atoms with van der Waals surface area (Å²) in [4.78, 5) is 2.40. The zero-order chi connectivity index (χ0) is 42.0. The molecule has 11 aromatic rings. The van der Waals surface area contributed by atoms with Gasteiger partial charge in [-0.2, -0.15) is 0 Å². The minimum atomic E-state index is 1.10. The Morgan fingerprint density at radius 2 is 0.587 bits per heavy atom. The van der Waals surface area contributed by atoms with Crippen LogP contribution in [0.5, 0.6) is 0 Å². The van der Waals surface area contributed by atoms with Gasteiger partial charge in [0.15, 0.2) is 0 Å². The van der Waals surface area contributed by atoms with Crippen LogP contribution in [0.15, 0.2) is 261 Å². The summed E-state index contributed by atoms with van der Waals surface area (Å²) in [5.41, 5.74) is 17.8. The van der Waals surface area contributed by atoms with Gasteiger partial charge in [-0.3, -0.25) is 0 Å². The highest BCUT2D eigenvalue weighted by atomic mass is 15.1. The fraction of sp³-hybridized carbons (Fsp3) is 0. The maximum atomic E-state index is 2.40. The SMILES string of the molecule is c1ccc(-c2ccc(N(c3ccccc3)c3cccc4c(-c5cccc6c(-c7ccccc7)c(-c7ccccc7)c(-c7ccccc7)c(-c7ccccc7)c56)cccc34)cc2)cc1. The van der Waals surface area contributed by atoms with Crippen LogP contribution < -0.4 is 4.90 Å². The van der Waals surface area contributed by atoms with Crippen LogP contribution >= 0.6 is 0 Å². The lowest BCUT2D eigenvalue weighted by atomic mass is 9.77. The van der Waals surface area contributed by atoms with Gasteiger partial charge >= 0.3 is 0 Å². The van der Waals surface area contributed by atoms with Gasteiger partial charge in [0.25, 0.3) is 0 Å². The Kier molecular flexibility index (Phi) is 9.97. The van der Waals surface area contributed by atoms with E-state index in [1.54, 1.807) is 0 Å².